The van der Waals surface area contributed by atoms with E-state index in [1.807, 2.05) is 35.2 Å². The number of carbonyl (C=O) groups is 1. The van der Waals surface area contributed by atoms with E-state index >= 15 is 0 Å². The van der Waals surface area contributed by atoms with Crippen molar-refractivity contribution in [2.75, 3.05) is 19.6 Å². The molecular weight excluding hydrogens is 357 g/mol. The second-order valence-corrected chi connectivity index (χ2v) is 6.90. The molecule has 3 rings (SSSR count). The zero-order valence-electron chi connectivity index (χ0n) is 15.0. The van der Waals surface area contributed by atoms with E-state index in [0.717, 1.165) is 30.7 Å². The minimum atomic E-state index is -4.45. The summed E-state index contributed by atoms with van der Waals surface area (Å²) in [7, 11) is 0. The van der Waals surface area contributed by atoms with Gasteiger partial charge in [0, 0.05) is 6.04 Å². The number of hydrogen-bond acceptors (Lipinski definition) is 3. The fraction of sp³-hybridized carbons (Fsp3) is 0.450. The molecule has 1 unspecified atom stereocenters. The lowest BCUT2D eigenvalue weighted by Crippen LogP contribution is -2.45. The molecule has 7 heteroatoms. The zero-order valence-corrected chi connectivity index (χ0v) is 15.0. The summed E-state index contributed by atoms with van der Waals surface area (Å²) in [5.41, 5.74) is 1.17. The normalized spacial score (nSPS) is 18.0. The summed E-state index contributed by atoms with van der Waals surface area (Å²) in [5.74, 6) is -0.182. The second kappa shape index (κ2) is 8.61. The van der Waals surface area contributed by atoms with Gasteiger partial charge < -0.3 is 9.32 Å². The Balaban J connectivity index is 1.64. The molecule has 1 aromatic heterocycles. The van der Waals surface area contributed by atoms with Gasteiger partial charge in [-0.1, -0.05) is 30.3 Å². The number of halogens is 3. The van der Waals surface area contributed by atoms with Crippen molar-refractivity contribution >= 4 is 5.91 Å². The quantitative estimate of drug-likeness (QED) is 0.732. The number of hydrogen-bond donors (Lipinski definition) is 0. The number of amides is 1. The minimum Gasteiger partial charge on any atom is -0.467 e. The number of rotatable bonds is 7. The molecule has 0 aliphatic carbocycles. The lowest BCUT2D eigenvalue weighted by molar-refractivity contribution is -0.163. The van der Waals surface area contributed by atoms with Crippen LogP contribution in [0.5, 0.6) is 0 Å². The van der Waals surface area contributed by atoms with Crippen molar-refractivity contribution < 1.29 is 22.4 Å². The van der Waals surface area contributed by atoms with Gasteiger partial charge in [-0.2, -0.15) is 13.2 Å². The number of carbonyl (C=O) groups excluding carboxylic acids is 1. The van der Waals surface area contributed by atoms with Gasteiger partial charge in [-0.15, -0.1) is 0 Å². The summed E-state index contributed by atoms with van der Waals surface area (Å²) in [6.45, 7) is -0.732. The lowest BCUT2D eigenvalue weighted by Gasteiger charge is -2.28. The lowest BCUT2D eigenvalue weighted by atomic mass is 10.0. The highest BCUT2D eigenvalue weighted by Crippen LogP contribution is 2.23. The van der Waals surface area contributed by atoms with E-state index in [1.54, 1.807) is 12.1 Å². The second-order valence-electron chi connectivity index (χ2n) is 6.90. The molecule has 27 heavy (non-hydrogen) atoms. The maximum absolute atomic E-state index is 12.9. The maximum atomic E-state index is 12.9. The Morgan fingerprint density at radius 1 is 1.19 bits per heavy atom. The van der Waals surface area contributed by atoms with Crippen LogP contribution in [0.3, 0.4) is 0 Å². The molecule has 0 bridgehead atoms. The molecule has 4 nitrogen and oxygen atoms in total. The van der Waals surface area contributed by atoms with Gasteiger partial charge in [-0.3, -0.25) is 9.69 Å². The Labute approximate surface area is 156 Å². The van der Waals surface area contributed by atoms with Crippen molar-refractivity contribution in [2.24, 2.45) is 0 Å². The first kappa shape index (κ1) is 19.5. The van der Waals surface area contributed by atoms with Crippen molar-refractivity contribution in [2.45, 2.75) is 38.0 Å². The van der Waals surface area contributed by atoms with Crippen LogP contribution in [0.2, 0.25) is 0 Å². The number of furan rings is 1. The van der Waals surface area contributed by atoms with E-state index < -0.39 is 18.6 Å². The molecule has 0 spiro atoms. The molecule has 0 N–H and O–H groups in total. The summed E-state index contributed by atoms with van der Waals surface area (Å²) >= 11 is 0. The van der Waals surface area contributed by atoms with Crippen molar-refractivity contribution in [3.63, 3.8) is 0 Å². The number of benzene rings is 1. The minimum absolute atomic E-state index is 0.00567. The predicted octanol–water partition coefficient (Wildman–Crippen LogP) is 3.88. The Morgan fingerprint density at radius 2 is 1.96 bits per heavy atom. The van der Waals surface area contributed by atoms with E-state index in [2.05, 4.69) is 0 Å². The van der Waals surface area contributed by atoms with Crippen molar-refractivity contribution in [3.05, 3.63) is 60.1 Å². The molecule has 1 aromatic carbocycles. The van der Waals surface area contributed by atoms with Gasteiger partial charge in [0.2, 0.25) is 5.91 Å². The van der Waals surface area contributed by atoms with E-state index in [4.69, 9.17) is 4.42 Å². The van der Waals surface area contributed by atoms with Crippen LogP contribution < -0.4 is 0 Å². The Hall–Kier alpha value is -2.28. The first-order valence-corrected chi connectivity index (χ1v) is 9.05. The Bertz CT molecular complexity index is 717. The fourth-order valence-corrected chi connectivity index (χ4v) is 3.53. The van der Waals surface area contributed by atoms with E-state index in [-0.39, 0.29) is 19.1 Å². The summed E-state index contributed by atoms with van der Waals surface area (Å²) in [5, 5.41) is 0. The summed E-state index contributed by atoms with van der Waals surface area (Å²) in [6, 6.07) is 13.3. The van der Waals surface area contributed by atoms with Gasteiger partial charge >= 0.3 is 6.18 Å². The third-order valence-corrected chi connectivity index (χ3v) is 4.80. The highest BCUT2D eigenvalue weighted by Gasteiger charge is 2.35. The van der Waals surface area contributed by atoms with E-state index in [0.29, 0.717) is 5.76 Å². The molecule has 0 saturated carbocycles. The van der Waals surface area contributed by atoms with Crippen molar-refractivity contribution in [1.82, 2.24) is 9.80 Å². The van der Waals surface area contributed by atoms with Crippen molar-refractivity contribution in [3.8, 4) is 0 Å². The highest BCUT2D eigenvalue weighted by atomic mass is 19.4. The summed E-state index contributed by atoms with van der Waals surface area (Å²) in [6.07, 6.45) is -0.369. The van der Waals surface area contributed by atoms with Crippen LogP contribution in [-0.2, 0) is 17.8 Å². The molecule has 1 atom stereocenters. The molecule has 1 aliphatic rings. The van der Waals surface area contributed by atoms with Crippen molar-refractivity contribution in [1.29, 1.82) is 0 Å². The Kier molecular flexibility index (Phi) is 6.21. The third kappa shape index (κ3) is 5.85. The molecule has 1 amide bonds. The number of nitrogens with zero attached hydrogens (tertiary/aromatic N) is 2. The summed E-state index contributed by atoms with van der Waals surface area (Å²) in [4.78, 5) is 15.5. The molecule has 2 heterocycles. The average molecular weight is 380 g/mol. The van der Waals surface area contributed by atoms with Crippen LogP contribution in [0.15, 0.2) is 53.1 Å². The van der Waals surface area contributed by atoms with Gasteiger partial charge in [0.1, 0.15) is 12.3 Å². The SMILES string of the molecule is O=C(CN1CCCC1Cc1ccccc1)N(Cc1ccco1)CC(F)(F)F. The first-order valence-electron chi connectivity index (χ1n) is 9.05. The number of likely N-dealkylation sites (tertiary alicyclic amines) is 1. The zero-order chi connectivity index (χ0) is 19.3. The van der Waals surface area contributed by atoms with Crippen LogP contribution in [-0.4, -0.2) is 47.6 Å². The molecule has 0 radical (unpaired) electrons. The van der Waals surface area contributed by atoms with Crippen LogP contribution >= 0.6 is 0 Å². The smallest absolute Gasteiger partial charge is 0.406 e. The van der Waals surface area contributed by atoms with Gasteiger partial charge in [0.15, 0.2) is 0 Å². The van der Waals surface area contributed by atoms with Gasteiger partial charge in [0.25, 0.3) is 0 Å². The van der Waals surface area contributed by atoms with Crippen LogP contribution in [0.1, 0.15) is 24.2 Å². The van der Waals surface area contributed by atoms with Gasteiger partial charge in [-0.05, 0) is 43.5 Å². The predicted molar refractivity (Wildman–Crippen MR) is 94.9 cm³/mol. The molecule has 146 valence electrons. The van der Waals surface area contributed by atoms with E-state index in [1.165, 1.54) is 11.8 Å². The van der Waals surface area contributed by atoms with Crippen LogP contribution in [0.4, 0.5) is 13.2 Å². The van der Waals surface area contributed by atoms with Crippen LogP contribution in [0.25, 0.3) is 0 Å². The molecular formula is C20H23F3N2O2. The molecule has 1 aliphatic heterocycles. The molecule has 2 aromatic rings. The average Bonchev–Trinajstić information content (AvgIpc) is 3.27. The van der Waals surface area contributed by atoms with Gasteiger partial charge in [-0.25, -0.2) is 0 Å². The number of alkyl halides is 3. The maximum Gasteiger partial charge on any atom is 0.406 e. The Morgan fingerprint density at radius 3 is 2.63 bits per heavy atom. The fourth-order valence-electron chi connectivity index (χ4n) is 3.53. The molecule has 1 saturated heterocycles. The monoisotopic (exact) mass is 380 g/mol. The van der Waals surface area contributed by atoms with Crippen LogP contribution in [0, 0.1) is 0 Å². The first-order chi connectivity index (χ1) is 12.9. The highest BCUT2D eigenvalue weighted by molar-refractivity contribution is 5.78. The summed E-state index contributed by atoms with van der Waals surface area (Å²) < 4.78 is 43.9. The van der Waals surface area contributed by atoms with E-state index in [9.17, 15) is 18.0 Å². The molecule has 1 fully saturated rings. The topological polar surface area (TPSA) is 36.7 Å². The standard InChI is InChI=1S/C20H23F3N2O2/c21-20(22,23)15-25(13-18-9-5-11-27-18)19(26)14-24-10-4-8-17(24)12-16-6-2-1-3-7-16/h1-3,5-7,9,11,17H,4,8,10,12-15H2. The van der Waals surface area contributed by atoms with Gasteiger partial charge in [0.05, 0.1) is 19.4 Å². The largest absolute Gasteiger partial charge is 0.467 e. The third-order valence-electron chi connectivity index (χ3n) is 4.80.